The van der Waals surface area contributed by atoms with E-state index in [2.05, 4.69) is 10.00 Å². The molecule has 0 fully saturated rings. The molecule has 9 heteroatoms. The Morgan fingerprint density at radius 2 is 2.00 bits per heavy atom. The quantitative estimate of drug-likeness (QED) is 0.442. The zero-order valence-corrected chi connectivity index (χ0v) is 17.9. The van der Waals surface area contributed by atoms with Gasteiger partial charge in [-0.3, -0.25) is 9.69 Å². The minimum Gasteiger partial charge on any atom is -0.493 e. The van der Waals surface area contributed by atoms with Gasteiger partial charge in [-0.2, -0.15) is 5.10 Å². The van der Waals surface area contributed by atoms with Crippen LogP contribution < -0.4 is 9.47 Å². The Balaban J connectivity index is 2.08. The molecule has 0 aliphatic heterocycles. The van der Waals surface area contributed by atoms with Crippen LogP contribution in [0.2, 0.25) is 0 Å². The number of aromatic nitrogens is 3. The first-order chi connectivity index (χ1) is 13.4. The molecular weight excluding hydrogens is 380 g/mol. The maximum atomic E-state index is 11.7. The third kappa shape index (κ3) is 5.56. The van der Waals surface area contributed by atoms with Crippen LogP contribution in [0.15, 0.2) is 18.2 Å². The number of rotatable bonds is 10. The van der Waals surface area contributed by atoms with Gasteiger partial charge in [0.2, 0.25) is 0 Å². The van der Waals surface area contributed by atoms with Crippen molar-refractivity contribution in [1.82, 2.24) is 19.2 Å². The van der Waals surface area contributed by atoms with E-state index >= 15 is 0 Å². The highest BCUT2D eigenvalue weighted by atomic mass is 32.1. The van der Waals surface area contributed by atoms with Gasteiger partial charge in [0.25, 0.3) is 0 Å². The maximum Gasteiger partial charge on any atom is 0.313 e. The lowest BCUT2D eigenvalue weighted by atomic mass is 10.2. The lowest BCUT2D eigenvalue weighted by Crippen LogP contribution is -2.22. The van der Waals surface area contributed by atoms with Crippen LogP contribution in [-0.2, 0) is 36.2 Å². The van der Waals surface area contributed by atoms with E-state index in [4.69, 9.17) is 26.4 Å². The standard InChI is InChI=1S/C19H28N4O4S/c1-6-26-15-9-8-14(10-16(15)25-5)12-21(3)13-23-19(28)22(4)17(20-23)11-18(24)27-7-2/h8-10H,6-7,11-13H2,1-5H3. The van der Waals surface area contributed by atoms with Crippen LogP contribution >= 0.6 is 12.2 Å². The summed E-state index contributed by atoms with van der Waals surface area (Å²) in [6, 6.07) is 5.88. The highest BCUT2D eigenvalue weighted by Gasteiger charge is 2.14. The number of hydrogen-bond acceptors (Lipinski definition) is 7. The second kappa shape index (κ2) is 10.2. The minimum atomic E-state index is -0.312. The number of benzene rings is 1. The first kappa shape index (κ1) is 21.9. The molecule has 2 aromatic rings. The fourth-order valence-corrected chi connectivity index (χ4v) is 3.00. The molecule has 1 aromatic carbocycles. The van der Waals surface area contributed by atoms with Gasteiger partial charge in [0, 0.05) is 13.6 Å². The van der Waals surface area contributed by atoms with Crippen molar-refractivity contribution in [2.45, 2.75) is 33.5 Å². The number of ether oxygens (including phenoxy) is 3. The van der Waals surface area contributed by atoms with Crippen LogP contribution in [0.25, 0.3) is 0 Å². The fraction of sp³-hybridized carbons (Fsp3) is 0.526. The van der Waals surface area contributed by atoms with Crippen molar-refractivity contribution in [3.05, 3.63) is 34.4 Å². The monoisotopic (exact) mass is 408 g/mol. The summed E-state index contributed by atoms with van der Waals surface area (Å²) in [7, 11) is 5.41. The Labute approximate surface area is 170 Å². The highest BCUT2D eigenvalue weighted by Crippen LogP contribution is 2.28. The van der Waals surface area contributed by atoms with Gasteiger partial charge in [-0.1, -0.05) is 6.07 Å². The van der Waals surface area contributed by atoms with Gasteiger partial charge in [0.15, 0.2) is 16.3 Å². The molecule has 0 saturated heterocycles. The van der Waals surface area contributed by atoms with Crippen molar-refractivity contribution in [3.63, 3.8) is 0 Å². The molecule has 0 amide bonds. The van der Waals surface area contributed by atoms with E-state index in [0.29, 0.717) is 42.8 Å². The molecule has 8 nitrogen and oxygen atoms in total. The van der Waals surface area contributed by atoms with E-state index < -0.39 is 0 Å². The number of esters is 1. The summed E-state index contributed by atoms with van der Waals surface area (Å²) in [5.74, 6) is 1.71. The third-order valence-electron chi connectivity index (χ3n) is 4.09. The lowest BCUT2D eigenvalue weighted by Gasteiger charge is -2.18. The van der Waals surface area contributed by atoms with E-state index in [1.807, 2.05) is 32.2 Å². The number of carbonyl (C=O) groups is 1. The number of hydrogen-bond donors (Lipinski definition) is 0. The second-order valence-corrected chi connectivity index (χ2v) is 6.68. The minimum absolute atomic E-state index is 0.0980. The van der Waals surface area contributed by atoms with E-state index in [0.717, 1.165) is 11.3 Å². The molecule has 0 bridgehead atoms. The molecule has 1 aromatic heterocycles. The molecule has 154 valence electrons. The number of methoxy groups -OCH3 is 1. The predicted molar refractivity (Wildman–Crippen MR) is 108 cm³/mol. The van der Waals surface area contributed by atoms with Crippen LogP contribution in [-0.4, -0.2) is 52.6 Å². The van der Waals surface area contributed by atoms with Gasteiger partial charge >= 0.3 is 5.97 Å². The van der Waals surface area contributed by atoms with E-state index in [1.54, 1.807) is 30.3 Å². The van der Waals surface area contributed by atoms with Crippen molar-refractivity contribution >= 4 is 18.2 Å². The zero-order valence-electron chi connectivity index (χ0n) is 17.1. The van der Waals surface area contributed by atoms with Gasteiger partial charge in [-0.25, -0.2) is 4.68 Å². The van der Waals surface area contributed by atoms with Crippen molar-refractivity contribution < 1.29 is 19.0 Å². The third-order valence-corrected chi connectivity index (χ3v) is 4.58. The lowest BCUT2D eigenvalue weighted by molar-refractivity contribution is -0.142. The predicted octanol–water partition coefficient (Wildman–Crippen LogP) is 2.55. The fourth-order valence-electron chi connectivity index (χ4n) is 2.80. The van der Waals surface area contributed by atoms with E-state index in [9.17, 15) is 4.79 Å². The first-order valence-corrected chi connectivity index (χ1v) is 9.56. The summed E-state index contributed by atoms with van der Waals surface area (Å²) in [4.78, 5) is 13.8. The van der Waals surface area contributed by atoms with Crippen molar-refractivity contribution in [2.75, 3.05) is 27.4 Å². The summed E-state index contributed by atoms with van der Waals surface area (Å²) >= 11 is 5.45. The highest BCUT2D eigenvalue weighted by molar-refractivity contribution is 7.71. The Hall–Kier alpha value is -2.39. The van der Waals surface area contributed by atoms with Crippen LogP contribution in [0.3, 0.4) is 0 Å². The summed E-state index contributed by atoms with van der Waals surface area (Å²) < 4.78 is 19.9. The molecule has 0 unspecified atom stereocenters. The van der Waals surface area contributed by atoms with Gasteiger partial charge in [-0.05, 0) is 50.8 Å². The molecule has 0 radical (unpaired) electrons. The number of carbonyl (C=O) groups excluding carboxylic acids is 1. The van der Waals surface area contributed by atoms with Gasteiger partial charge in [0.05, 0.1) is 27.0 Å². The smallest absolute Gasteiger partial charge is 0.313 e. The van der Waals surface area contributed by atoms with Crippen LogP contribution in [0.4, 0.5) is 0 Å². The van der Waals surface area contributed by atoms with Crippen molar-refractivity contribution in [1.29, 1.82) is 0 Å². The SMILES string of the molecule is CCOC(=O)Cc1nn(CN(C)Cc2ccc(OCC)c(OC)c2)c(=S)n1C. The average Bonchev–Trinajstić information content (AvgIpc) is 2.91. The maximum absolute atomic E-state index is 11.7. The molecule has 2 rings (SSSR count). The zero-order chi connectivity index (χ0) is 20.7. The molecule has 0 aliphatic rings. The van der Waals surface area contributed by atoms with Crippen LogP contribution in [0.1, 0.15) is 25.2 Å². The van der Waals surface area contributed by atoms with Crippen molar-refractivity contribution in [3.8, 4) is 11.5 Å². The first-order valence-electron chi connectivity index (χ1n) is 9.16. The second-order valence-electron chi connectivity index (χ2n) is 6.31. The Morgan fingerprint density at radius 3 is 2.64 bits per heavy atom. The van der Waals surface area contributed by atoms with Gasteiger partial charge < -0.3 is 18.8 Å². The molecule has 0 spiro atoms. The topological polar surface area (TPSA) is 70.8 Å². The Kier molecular flexibility index (Phi) is 8.01. The van der Waals surface area contributed by atoms with Gasteiger partial charge in [0.1, 0.15) is 12.2 Å². The molecule has 0 saturated carbocycles. The van der Waals surface area contributed by atoms with E-state index in [1.165, 1.54) is 0 Å². The van der Waals surface area contributed by atoms with Crippen LogP contribution in [0.5, 0.6) is 11.5 Å². The summed E-state index contributed by atoms with van der Waals surface area (Å²) in [5.41, 5.74) is 1.08. The molecule has 0 aliphatic carbocycles. The molecular formula is C19H28N4O4S. The number of nitrogens with zero attached hydrogens (tertiary/aromatic N) is 4. The largest absolute Gasteiger partial charge is 0.493 e. The summed E-state index contributed by atoms with van der Waals surface area (Å²) in [6.07, 6.45) is 0.0980. The van der Waals surface area contributed by atoms with Crippen LogP contribution in [0, 0.1) is 4.77 Å². The normalized spacial score (nSPS) is 10.9. The summed E-state index contributed by atoms with van der Waals surface area (Å²) in [6.45, 7) is 5.81. The molecule has 28 heavy (non-hydrogen) atoms. The molecule has 1 heterocycles. The van der Waals surface area contributed by atoms with Crippen molar-refractivity contribution in [2.24, 2.45) is 7.05 Å². The Morgan fingerprint density at radius 1 is 1.25 bits per heavy atom. The average molecular weight is 409 g/mol. The Bertz CT molecular complexity index is 862. The molecule has 0 atom stereocenters. The van der Waals surface area contributed by atoms with Gasteiger partial charge in [-0.15, -0.1) is 0 Å². The summed E-state index contributed by atoms with van der Waals surface area (Å²) in [5, 5.41) is 4.47. The molecule has 0 N–H and O–H groups in total. The van der Waals surface area contributed by atoms with E-state index in [-0.39, 0.29) is 12.4 Å².